The summed E-state index contributed by atoms with van der Waals surface area (Å²) in [5.41, 5.74) is 8.47. The molecule has 2 saturated heterocycles. The molecular weight excluding hydrogens is 587 g/mol. The lowest BCUT2D eigenvalue weighted by atomic mass is 9.69. The number of aromatic hydroxyl groups is 1. The largest absolute Gasteiger partial charge is 0.508 e. The number of benzene rings is 4. The average Bonchev–Trinajstić information content (AvgIpc) is 3.48. The monoisotopic (exact) mass is 630 g/mol. The minimum absolute atomic E-state index is 0.0345. The summed E-state index contributed by atoms with van der Waals surface area (Å²) in [5, 5.41) is 13.1. The van der Waals surface area contributed by atoms with Crippen LogP contribution in [0, 0.1) is 11.7 Å². The van der Waals surface area contributed by atoms with Crippen LogP contribution in [0.1, 0.15) is 69.3 Å². The Morgan fingerprint density at radius 2 is 1.57 bits per heavy atom. The third-order valence-electron chi connectivity index (χ3n) is 11.1. The molecule has 3 heterocycles. The molecule has 4 aromatic carbocycles. The molecule has 4 aromatic rings. The van der Waals surface area contributed by atoms with Crippen molar-refractivity contribution in [2.75, 3.05) is 55.6 Å². The number of nitrogens with zero attached hydrogens (tertiary/aromatic N) is 3. The van der Waals surface area contributed by atoms with Crippen LogP contribution in [0.3, 0.4) is 0 Å². The second-order valence-corrected chi connectivity index (χ2v) is 13.9. The van der Waals surface area contributed by atoms with Crippen LogP contribution in [-0.2, 0) is 13.0 Å². The van der Waals surface area contributed by atoms with Crippen LogP contribution >= 0.6 is 0 Å². The quantitative estimate of drug-likeness (QED) is 0.249. The summed E-state index contributed by atoms with van der Waals surface area (Å²) in [6, 6.07) is 28.4. The maximum absolute atomic E-state index is 16.0. The zero-order valence-electron chi connectivity index (χ0n) is 26.9. The first-order valence-corrected chi connectivity index (χ1v) is 17.3. The summed E-state index contributed by atoms with van der Waals surface area (Å²) >= 11 is 0. The molecule has 0 bridgehead atoms. The number of phenolic OH excluding ortho intramolecular Hbond substituents is 1. The number of carbonyl (C=O) groups excluding carboxylic acids is 1. The lowest BCUT2D eigenvalue weighted by molar-refractivity contribution is 0.0965. The fraction of sp³-hybridized carbons (Fsp3) is 0.375. The van der Waals surface area contributed by atoms with Gasteiger partial charge < -0.3 is 20.2 Å². The minimum Gasteiger partial charge on any atom is -0.508 e. The van der Waals surface area contributed by atoms with Gasteiger partial charge in [-0.1, -0.05) is 42.5 Å². The molecule has 0 aromatic heterocycles. The van der Waals surface area contributed by atoms with Crippen molar-refractivity contribution >= 4 is 17.3 Å². The first-order chi connectivity index (χ1) is 23.0. The SMILES string of the molecule is O=C1NCc2cc(N3CCN(CC4CCN(c5ccc(C6c7ccc(O)cc7CCC6c6ccccc6)cc5F)CC4)CC3)ccc21. The van der Waals surface area contributed by atoms with Gasteiger partial charge in [-0.3, -0.25) is 9.69 Å². The number of rotatable bonds is 6. The molecule has 47 heavy (non-hydrogen) atoms. The van der Waals surface area contributed by atoms with Crippen molar-refractivity contribution in [1.82, 2.24) is 10.2 Å². The molecule has 8 rings (SSSR count). The predicted octanol–water partition coefficient (Wildman–Crippen LogP) is 6.68. The number of aryl methyl sites for hydroxylation is 1. The molecular formula is C40H43FN4O2. The molecule has 7 heteroatoms. The van der Waals surface area contributed by atoms with Crippen LogP contribution in [0.15, 0.2) is 84.9 Å². The maximum atomic E-state index is 16.0. The highest BCUT2D eigenvalue weighted by molar-refractivity contribution is 5.98. The van der Waals surface area contributed by atoms with E-state index in [1.54, 1.807) is 12.1 Å². The lowest BCUT2D eigenvalue weighted by Gasteiger charge is -2.40. The second kappa shape index (κ2) is 12.7. The third kappa shape index (κ3) is 5.98. The van der Waals surface area contributed by atoms with E-state index in [9.17, 15) is 9.90 Å². The summed E-state index contributed by atoms with van der Waals surface area (Å²) in [4.78, 5) is 19.2. The van der Waals surface area contributed by atoms with Crippen LogP contribution in [0.4, 0.5) is 15.8 Å². The highest BCUT2D eigenvalue weighted by atomic mass is 19.1. The van der Waals surface area contributed by atoms with Gasteiger partial charge in [0, 0.05) is 69.5 Å². The number of piperidine rings is 1. The minimum atomic E-state index is -0.138. The number of carbonyl (C=O) groups is 1. The summed E-state index contributed by atoms with van der Waals surface area (Å²) in [6.07, 6.45) is 4.01. The van der Waals surface area contributed by atoms with Gasteiger partial charge in [0.05, 0.1) is 5.69 Å². The molecule has 1 aliphatic carbocycles. The summed E-state index contributed by atoms with van der Waals surface area (Å²) in [7, 11) is 0. The third-order valence-corrected chi connectivity index (χ3v) is 11.1. The van der Waals surface area contributed by atoms with Gasteiger partial charge in [-0.25, -0.2) is 4.39 Å². The standard InChI is InChI=1S/C40H43FN4O2/c41-37-24-30(39-34(28-4-2-1-3-5-28)10-6-29-23-33(46)9-12-35(29)39)7-13-38(37)45-16-14-27(15-17-45)26-43-18-20-44(21-19-43)32-8-11-36-31(22-32)25-42-40(36)47/h1-5,7-9,11-13,22-24,27,34,39,46H,6,10,14-21,25-26H2,(H,42,47). The lowest BCUT2D eigenvalue weighted by Crippen LogP contribution is -2.49. The first-order valence-electron chi connectivity index (χ1n) is 17.3. The maximum Gasteiger partial charge on any atom is 0.251 e. The van der Waals surface area contributed by atoms with Crippen molar-refractivity contribution in [3.8, 4) is 5.75 Å². The molecule has 2 atom stereocenters. The Balaban J connectivity index is 0.898. The number of fused-ring (bicyclic) bond motifs is 2. The van der Waals surface area contributed by atoms with Gasteiger partial charge in [0.15, 0.2) is 0 Å². The van der Waals surface area contributed by atoms with Crippen LogP contribution in [-0.4, -0.2) is 61.7 Å². The Kier molecular flexibility index (Phi) is 8.10. The van der Waals surface area contributed by atoms with E-state index in [0.717, 1.165) is 93.8 Å². The molecule has 0 radical (unpaired) electrons. The number of amides is 1. The Labute approximate surface area is 276 Å². The number of hydrogen-bond donors (Lipinski definition) is 2. The molecule has 0 spiro atoms. The van der Waals surface area contributed by atoms with E-state index in [2.05, 4.69) is 62.5 Å². The Morgan fingerprint density at radius 3 is 2.36 bits per heavy atom. The predicted molar refractivity (Wildman–Crippen MR) is 185 cm³/mol. The van der Waals surface area contributed by atoms with Gasteiger partial charge in [-0.15, -0.1) is 0 Å². The molecule has 242 valence electrons. The van der Waals surface area contributed by atoms with Crippen LogP contribution in [0.25, 0.3) is 0 Å². The summed E-state index contributed by atoms with van der Waals surface area (Å²) in [6.45, 7) is 7.55. The average molecular weight is 631 g/mol. The topological polar surface area (TPSA) is 59.1 Å². The second-order valence-electron chi connectivity index (χ2n) is 13.9. The van der Waals surface area contributed by atoms with E-state index in [1.165, 1.54) is 16.8 Å². The van der Waals surface area contributed by atoms with Crippen molar-refractivity contribution < 1.29 is 14.3 Å². The molecule has 6 nitrogen and oxygen atoms in total. The van der Waals surface area contributed by atoms with Gasteiger partial charge in [-0.05, 0) is 108 Å². The van der Waals surface area contributed by atoms with Crippen molar-refractivity contribution in [2.45, 2.75) is 44.1 Å². The molecule has 2 fully saturated rings. The van der Waals surface area contributed by atoms with Crippen molar-refractivity contribution in [3.05, 3.63) is 124 Å². The highest BCUT2D eigenvalue weighted by Gasteiger charge is 2.33. The highest BCUT2D eigenvalue weighted by Crippen LogP contribution is 2.47. The van der Waals surface area contributed by atoms with Crippen molar-refractivity contribution in [3.63, 3.8) is 0 Å². The van der Waals surface area contributed by atoms with Crippen LogP contribution in [0.5, 0.6) is 5.75 Å². The van der Waals surface area contributed by atoms with Gasteiger partial charge in [0.1, 0.15) is 11.6 Å². The molecule has 2 N–H and O–H groups in total. The molecule has 2 unspecified atom stereocenters. The van der Waals surface area contributed by atoms with E-state index < -0.39 is 0 Å². The normalized spacial score (nSPS) is 21.8. The van der Waals surface area contributed by atoms with Crippen LogP contribution < -0.4 is 15.1 Å². The summed E-state index contributed by atoms with van der Waals surface area (Å²) in [5.74, 6) is 1.11. The number of piperazine rings is 1. The zero-order chi connectivity index (χ0) is 31.9. The van der Waals surface area contributed by atoms with E-state index >= 15 is 4.39 Å². The van der Waals surface area contributed by atoms with E-state index in [-0.39, 0.29) is 23.6 Å². The van der Waals surface area contributed by atoms with Gasteiger partial charge >= 0.3 is 0 Å². The molecule has 1 amide bonds. The summed E-state index contributed by atoms with van der Waals surface area (Å²) < 4.78 is 16.0. The van der Waals surface area contributed by atoms with Crippen molar-refractivity contribution in [1.29, 1.82) is 0 Å². The Bertz CT molecular complexity index is 1760. The Morgan fingerprint density at radius 1 is 0.766 bits per heavy atom. The van der Waals surface area contributed by atoms with Crippen molar-refractivity contribution in [2.24, 2.45) is 5.92 Å². The number of anilines is 2. The van der Waals surface area contributed by atoms with E-state index in [1.807, 2.05) is 30.3 Å². The van der Waals surface area contributed by atoms with Gasteiger partial charge in [0.2, 0.25) is 0 Å². The van der Waals surface area contributed by atoms with Gasteiger partial charge in [-0.2, -0.15) is 0 Å². The van der Waals surface area contributed by atoms with E-state index in [0.29, 0.717) is 23.9 Å². The molecule has 0 saturated carbocycles. The fourth-order valence-corrected chi connectivity index (χ4v) is 8.58. The smallest absolute Gasteiger partial charge is 0.251 e. The number of hydrogen-bond acceptors (Lipinski definition) is 5. The number of phenols is 1. The zero-order valence-corrected chi connectivity index (χ0v) is 26.9. The molecule has 3 aliphatic heterocycles. The van der Waals surface area contributed by atoms with Gasteiger partial charge in [0.25, 0.3) is 5.91 Å². The number of halogens is 1. The Hall–Kier alpha value is -4.36. The fourth-order valence-electron chi connectivity index (χ4n) is 8.58. The van der Waals surface area contributed by atoms with E-state index in [4.69, 9.17) is 0 Å². The first kappa shape index (κ1) is 30.0. The van der Waals surface area contributed by atoms with Crippen LogP contribution in [0.2, 0.25) is 0 Å². The molecule has 4 aliphatic rings. The number of nitrogens with one attached hydrogen (secondary N) is 1.